The summed E-state index contributed by atoms with van der Waals surface area (Å²) >= 11 is 5.82. The molecule has 0 amide bonds. The molecular formula is C12H18ClN3. The monoisotopic (exact) mass is 239 g/mol. The number of hydrogen-bond donors (Lipinski definition) is 2. The maximum absolute atomic E-state index is 5.82. The fourth-order valence-corrected chi connectivity index (χ4v) is 1.49. The standard InChI is InChI=1S/C12H18ClN3/c1-3-15-12(14-2)16-9-8-10-4-6-11(13)7-5-10/h4-7H,3,8-9H2,1-2H3,(H2,14,15,16). The Kier molecular flexibility index (Phi) is 5.72. The third-order valence-corrected chi connectivity index (χ3v) is 2.44. The van der Waals surface area contributed by atoms with Crippen LogP contribution in [0.15, 0.2) is 29.3 Å². The largest absolute Gasteiger partial charge is 0.357 e. The number of nitrogens with zero attached hydrogens (tertiary/aromatic N) is 1. The number of aliphatic imine (C=N–C) groups is 1. The first-order valence-corrected chi connectivity index (χ1v) is 5.83. The number of halogens is 1. The third-order valence-electron chi connectivity index (χ3n) is 2.19. The molecule has 0 aromatic heterocycles. The summed E-state index contributed by atoms with van der Waals surface area (Å²) in [5, 5.41) is 7.16. The van der Waals surface area contributed by atoms with Crippen molar-refractivity contribution in [3.05, 3.63) is 34.9 Å². The maximum atomic E-state index is 5.82. The molecule has 2 N–H and O–H groups in total. The zero-order valence-corrected chi connectivity index (χ0v) is 10.5. The fourth-order valence-electron chi connectivity index (χ4n) is 1.36. The Morgan fingerprint density at radius 1 is 1.25 bits per heavy atom. The van der Waals surface area contributed by atoms with E-state index in [2.05, 4.69) is 15.6 Å². The highest BCUT2D eigenvalue weighted by molar-refractivity contribution is 6.30. The fraction of sp³-hybridized carbons (Fsp3) is 0.417. The molecule has 0 bridgehead atoms. The smallest absolute Gasteiger partial charge is 0.190 e. The summed E-state index contributed by atoms with van der Waals surface area (Å²) in [5.41, 5.74) is 1.27. The van der Waals surface area contributed by atoms with E-state index in [1.54, 1.807) is 7.05 Å². The summed E-state index contributed by atoms with van der Waals surface area (Å²) in [6.45, 7) is 3.79. The predicted molar refractivity (Wildman–Crippen MR) is 70.2 cm³/mol. The number of guanidine groups is 1. The first-order chi connectivity index (χ1) is 7.76. The van der Waals surface area contributed by atoms with Crippen molar-refractivity contribution in [1.29, 1.82) is 0 Å². The minimum atomic E-state index is 0.778. The zero-order chi connectivity index (χ0) is 11.8. The lowest BCUT2D eigenvalue weighted by atomic mass is 10.1. The van der Waals surface area contributed by atoms with Crippen molar-refractivity contribution >= 4 is 17.6 Å². The number of benzene rings is 1. The van der Waals surface area contributed by atoms with Crippen molar-refractivity contribution in [2.75, 3.05) is 20.1 Å². The lowest BCUT2D eigenvalue weighted by Crippen LogP contribution is -2.38. The first kappa shape index (κ1) is 12.8. The number of nitrogens with one attached hydrogen (secondary N) is 2. The van der Waals surface area contributed by atoms with Crippen molar-refractivity contribution in [1.82, 2.24) is 10.6 Å². The van der Waals surface area contributed by atoms with Gasteiger partial charge in [-0.05, 0) is 31.0 Å². The molecule has 0 spiro atoms. The van der Waals surface area contributed by atoms with Gasteiger partial charge in [-0.25, -0.2) is 0 Å². The molecule has 0 saturated carbocycles. The van der Waals surface area contributed by atoms with E-state index in [1.165, 1.54) is 5.56 Å². The zero-order valence-electron chi connectivity index (χ0n) is 9.76. The van der Waals surface area contributed by atoms with Crippen LogP contribution >= 0.6 is 11.6 Å². The van der Waals surface area contributed by atoms with Crippen LogP contribution < -0.4 is 10.6 Å². The molecule has 0 unspecified atom stereocenters. The van der Waals surface area contributed by atoms with Crippen molar-refractivity contribution in [3.63, 3.8) is 0 Å². The highest BCUT2D eigenvalue weighted by Crippen LogP contribution is 2.09. The molecule has 0 aliphatic heterocycles. The Hall–Kier alpha value is -1.22. The second-order valence-electron chi connectivity index (χ2n) is 3.41. The Bertz CT molecular complexity index is 333. The van der Waals surface area contributed by atoms with Gasteiger partial charge in [-0.3, -0.25) is 4.99 Å². The second kappa shape index (κ2) is 7.12. The van der Waals surface area contributed by atoms with Gasteiger partial charge in [-0.1, -0.05) is 23.7 Å². The van der Waals surface area contributed by atoms with Crippen LogP contribution in [0.4, 0.5) is 0 Å². The first-order valence-electron chi connectivity index (χ1n) is 5.45. The van der Waals surface area contributed by atoms with Crippen LogP contribution in [0.2, 0.25) is 5.02 Å². The van der Waals surface area contributed by atoms with E-state index in [0.29, 0.717) is 0 Å². The molecule has 0 aliphatic carbocycles. The summed E-state index contributed by atoms with van der Waals surface area (Å²) in [5.74, 6) is 0.844. The number of rotatable bonds is 4. The summed E-state index contributed by atoms with van der Waals surface area (Å²) in [7, 11) is 1.77. The molecule has 4 heteroatoms. The summed E-state index contributed by atoms with van der Waals surface area (Å²) in [4.78, 5) is 4.10. The van der Waals surface area contributed by atoms with E-state index >= 15 is 0 Å². The van der Waals surface area contributed by atoms with Gasteiger partial charge in [-0.15, -0.1) is 0 Å². The van der Waals surface area contributed by atoms with Crippen LogP contribution in [0.1, 0.15) is 12.5 Å². The van der Waals surface area contributed by atoms with Gasteiger partial charge < -0.3 is 10.6 Å². The van der Waals surface area contributed by atoms with E-state index in [1.807, 2.05) is 31.2 Å². The molecule has 0 atom stereocenters. The topological polar surface area (TPSA) is 36.4 Å². The van der Waals surface area contributed by atoms with Crippen LogP contribution in [-0.2, 0) is 6.42 Å². The van der Waals surface area contributed by atoms with E-state index in [0.717, 1.165) is 30.5 Å². The average Bonchev–Trinajstić information content (AvgIpc) is 2.30. The maximum Gasteiger partial charge on any atom is 0.190 e. The van der Waals surface area contributed by atoms with Crippen LogP contribution in [-0.4, -0.2) is 26.1 Å². The van der Waals surface area contributed by atoms with Gasteiger partial charge in [0.15, 0.2) is 5.96 Å². The Balaban J connectivity index is 2.32. The SMILES string of the molecule is CCNC(=NC)NCCc1ccc(Cl)cc1. The Labute approximate surface area is 102 Å². The van der Waals surface area contributed by atoms with Gasteiger partial charge in [-0.2, -0.15) is 0 Å². The lowest BCUT2D eigenvalue weighted by Gasteiger charge is -2.09. The molecule has 1 rings (SSSR count). The molecule has 1 aromatic rings. The highest BCUT2D eigenvalue weighted by Gasteiger charge is 1.96. The normalized spacial score (nSPS) is 11.3. The van der Waals surface area contributed by atoms with Crippen LogP contribution in [0, 0.1) is 0 Å². The molecule has 0 fully saturated rings. The number of hydrogen-bond acceptors (Lipinski definition) is 1. The quantitative estimate of drug-likeness (QED) is 0.624. The third kappa shape index (κ3) is 4.53. The van der Waals surface area contributed by atoms with Crippen LogP contribution in [0.3, 0.4) is 0 Å². The molecule has 88 valence electrons. The van der Waals surface area contributed by atoms with E-state index in [-0.39, 0.29) is 0 Å². The van der Waals surface area contributed by atoms with Crippen LogP contribution in [0.5, 0.6) is 0 Å². The predicted octanol–water partition coefficient (Wildman–Crippen LogP) is 2.07. The molecular weight excluding hydrogens is 222 g/mol. The summed E-state index contributed by atoms with van der Waals surface area (Å²) in [6, 6.07) is 7.91. The lowest BCUT2D eigenvalue weighted by molar-refractivity contribution is 0.810. The van der Waals surface area contributed by atoms with Gasteiger partial charge in [0.05, 0.1) is 0 Å². The van der Waals surface area contributed by atoms with E-state index in [4.69, 9.17) is 11.6 Å². The van der Waals surface area contributed by atoms with Crippen molar-refractivity contribution in [2.24, 2.45) is 4.99 Å². The molecule has 1 aromatic carbocycles. The minimum absolute atomic E-state index is 0.778. The average molecular weight is 240 g/mol. The molecule has 0 aliphatic rings. The van der Waals surface area contributed by atoms with Gasteiger partial charge in [0.1, 0.15) is 0 Å². The van der Waals surface area contributed by atoms with Gasteiger partial charge in [0.2, 0.25) is 0 Å². The minimum Gasteiger partial charge on any atom is -0.357 e. The van der Waals surface area contributed by atoms with Crippen molar-refractivity contribution in [2.45, 2.75) is 13.3 Å². The Morgan fingerprint density at radius 2 is 1.94 bits per heavy atom. The van der Waals surface area contributed by atoms with Gasteiger partial charge in [0.25, 0.3) is 0 Å². The molecule has 0 radical (unpaired) electrons. The molecule has 0 saturated heterocycles. The highest BCUT2D eigenvalue weighted by atomic mass is 35.5. The summed E-state index contributed by atoms with van der Waals surface area (Å²) in [6.07, 6.45) is 0.960. The Morgan fingerprint density at radius 3 is 2.50 bits per heavy atom. The van der Waals surface area contributed by atoms with Crippen molar-refractivity contribution < 1.29 is 0 Å². The summed E-state index contributed by atoms with van der Waals surface area (Å²) < 4.78 is 0. The molecule has 0 heterocycles. The van der Waals surface area contributed by atoms with Crippen LogP contribution in [0.25, 0.3) is 0 Å². The van der Waals surface area contributed by atoms with Crippen molar-refractivity contribution in [3.8, 4) is 0 Å². The van der Waals surface area contributed by atoms with E-state index < -0.39 is 0 Å². The van der Waals surface area contributed by atoms with Gasteiger partial charge in [0, 0.05) is 25.2 Å². The molecule has 3 nitrogen and oxygen atoms in total. The second-order valence-corrected chi connectivity index (χ2v) is 3.84. The van der Waals surface area contributed by atoms with Gasteiger partial charge >= 0.3 is 0 Å². The van der Waals surface area contributed by atoms with E-state index in [9.17, 15) is 0 Å². The molecule has 16 heavy (non-hydrogen) atoms.